The van der Waals surface area contributed by atoms with Crippen molar-refractivity contribution in [1.29, 1.82) is 0 Å². The maximum Gasteiger partial charge on any atom is 0.241 e. The number of hydrogen-bond acceptors (Lipinski definition) is 4. The van der Waals surface area contributed by atoms with Gasteiger partial charge in [-0.3, -0.25) is 4.90 Å². The lowest BCUT2D eigenvalue weighted by Gasteiger charge is -2.31. The molecule has 0 aliphatic carbocycles. The molecular weight excluding hydrogens is 384 g/mol. The van der Waals surface area contributed by atoms with Crippen LogP contribution < -0.4 is 4.72 Å². The van der Waals surface area contributed by atoms with E-state index in [0.29, 0.717) is 19.8 Å². The Hall–Kier alpha value is -2.25. The maximum atomic E-state index is 13.2. The van der Waals surface area contributed by atoms with Crippen molar-refractivity contribution in [3.63, 3.8) is 0 Å². The molecule has 0 aromatic heterocycles. The summed E-state index contributed by atoms with van der Waals surface area (Å²) in [6.07, 6.45) is 0. The molecule has 1 heterocycles. The van der Waals surface area contributed by atoms with Crippen molar-refractivity contribution < 1.29 is 13.2 Å². The molecule has 1 N–H and O–H groups in total. The van der Waals surface area contributed by atoms with Crippen molar-refractivity contribution in [3.05, 3.63) is 77.9 Å². The van der Waals surface area contributed by atoms with Gasteiger partial charge in [0.2, 0.25) is 10.0 Å². The molecule has 0 spiro atoms. The third-order valence-electron chi connectivity index (χ3n) is 5.35. The van der Waals surface area contributed by atoms with E-state index in [4.69, 9.17) is 4.74 Å². The van der Waals surface area contributed by atoms with Crippen molar-refractivity contribution in [2.75, 3.05) is 32.8 Å². The fourth-order valence-corrected chi connectivity index (χ4v) is 4.89. The molecule has 0 saturated carbocycles. The Labute approximate surface area is 172 Å². The highest BCUT2D eigenvalue weighted by Gasteiger charge is 2.24. The second-order valence-electron chi connectivity index (χ2n) is 7.51. The summed E-state index contributed by atoms with van der Waals surface area (Å²) >= 11 is 0. The van der Waals surface area contributed by atoms with Gasteiger partial charge in [0.1, 0.15) is 0 Å². The van der Waals surface area contributed by atoms with E-state index >= 15 is 0 Å². The largest absolute Gasteiger partial charge is 0.379 e. The zero-order valence-electron chi connectivity index (χ0n) is 16.5. The molecule has 3 aromatic carbocycles. The van der Waals surface area contributed by atoms with Crippen molar-refractivity contribution in [2.24, 2.45) is 0 Å². The molecule has 1 aliphatic rings. The summed E-state index contributed by atoms with van der Waals surface area (Å²) in [7, 11) is -3.67. The van der Waals surface area contributed by atoms with Crippen LogP contribution in [0, 0.1) is 6.92 Å². The molecule has 3 aromatic rings. The summed E-state index contributed by atoms with van der Waals surface area (Å²) < 4.78 is 34.8. The Morgan fingerprint density at radius 1 is 0.966 bits per heavy atom. The topological polar surface area (TPSA) is 58.6 Å². The van der Waals surface area contributed by atoms with Gasteiger partial charge in [0, 0.05) is 19.6 Å². The Balaban J connectivity index is 1.62. The number of aryl methyl sites for hydroxylation is 1. The number of nitrogens with one attached hydrogen (secondary N) is 1. The van der Waals surface area contributed by atoms with Gasteiger partial charge in [-0.2, -0.15) is 0 Å². The molecule has 4 rings (SSSR count). The van der Waals surface area contributed by atoms with E-state index in [2.05, 4.69) is 9.62 Å². The summed E-state index contributed by atoms with van der Waals surface area (Å²) in [5, 5.41) is 1.94. The van der Waals surface area contributed by atoms with Gasteiger partial charge in [-0.25, -0.2) is 13.1 Å². The summed E-state index contributed by atoms with van der Waals surface area (Å²) in [4.78, 5) is 2.53. The quantitative estimate of drug-likeness (QED) is 0.676. The second kappa shape index (κ2) is 8.63. The molecular formula is C23H26N2O3S. The average Bonchev–Trinajstić information content (AvgIpc) is 2.74. The summed E-state index contributed by atoms with van der Waals surface area (Å²) in [6, 6.07) is 20.8. The van der Waals surface area contributed by atoms with E-state index in [1.165, 1.54) is 0 Å². The smallest absolute Gasteiger partial charge is 0.241 e. The van der Waals surface area contributed by atoms with E-state index in [1.807, 2.05) is 61.5 Å². The van der Waals surface area contributed by atoms with Gasteiger partial charge < -0.3 is 4.74 Å². The Morgan fingerprint density at radius 2 is 1.66 bits per heavy atom. The van der Waals surface area contributed by atoms with Gasteiger partial charge in [-0.15, -0.1) is 0 Å². The van der Waals surface area contributed by atoms with Crippen LogP contribution in [0.1, 0.15) is 17.2 Å². The lowest BCUT2D eigenvalue weighted by molar-refractivity contribution is 0.0345. The minimum absolute atomic E-state index is 0.287. The number of fused-ring (bicyclic) bond motifs is 1. The summed E-state index contributed by atoms with van der Waals surface area (Å²) in [6.45, 7) is 5.61. The highest BCUT2D eigenvalue weighted by molar-refractivity contribution is 7.89. The van der Waals surface area contributed by atoms with E-state index < -0.39 is 10.0 Å². The molecule has 29 heavy (non-hydrogen) atoms. The molecule has 1 saturated heterocycles. The molecule has 6 heteroatoms. The van der Waals surface area contributed by atoms with Crippen molar-refractivity contribution >= 4 is 20.8 Å². The van der Waals surface area contributed by atoms with Gasteiger partial charge in [-0.05, 0) is 35.4 Å². The van der Waals surface area contributed by atoms with Gasteiger partial charge in [0.05, 0.1) is 24.2 Å². The summed E-state index contributed by atoms with van der Waals surface area (Å²) in [5.74, 6) is 0. The number of benzene rings is 3. The van der Waals surface area contributed by atoms with Gasteiger partial charge in [-0.1, -0.05) is 60.2 Å². The number of hydrogen-bond donors (Lipinski definition) is 1. The third-order valence-corrected chi connectivity index (χ3v) is 6.82. The minimum atomic E-state index is -3.67. The van der Waals surface area contributed by atoms with Gasteiger partial charge >= 0.3 is 0 Å². The molecule has 0 bridgehead atoms. The molecule has 5 nitrogen and oxygen atoms in total. The fourth-order valence-electron chi connectivity index (χ4n) is 3.64. The van der Waals surface area contributed by atoms with Crippen LogP contribution in [0.2, 0.25) is 0 Å². The molecule has 1 fully saturated rings. The van der Waals surface area contributed by atoms with Crippen LogP contribution in [0.3, 0.4) is 0 Å². The highest BCUT2D eigenvalue weighted by atomic mass is 32.2. The Morgan fingerprint density at radius 3 is 2.38 bits per heavy atom. The minimum Gasteiger partial charge on any atom is -0.379 e. The predicted octanol–water partition coefficient (Wildman–Crippen LogP) is 3.50. The van der Waals surface area contributed by atoms with E-state index in [9.17, 15) is 8.42 Å². The van der Waals surface area contributed by atoms with Gasteiger partial charge in [0.25, 0.3) is 0 Å². The Kier molecular flexibility index (Phi) is 5.96. The fraction of sp³-hybridized carbons (Fsp3) is 0.304. The van der Waals surface area contributed by atoms with Crippen LogP contribution in [0.5, 0.6) is 0 Å². The zero-order valence-corrected chi connectivity index (χ0v) is 17.4. The van der Waals surface area contributed by atoms with Crippen molar-refractivity contribution in [2.45, 2.75) is 17.9 Å². The van der Waals surface area contributed by atoms with Gasteiger partial charge in [0.15, 0.2) is 0 Å². The number of nitrogens with zero attached hydrogens (tertiary/aromatic N) is 1. The second-order valence-corrected chi connectivity index (χ2v) is 9.22. The predicted molar refractivity (Wildman–Crippen MR) is 115 cm³/mol. The number of rotatable bonds is 6. The number of ether oxygens (including phenoxy) is 1. The maximum absolute atomic E-state index is 13.2. The zero-order chi connectivity index (χ0) is 20.3. The third kappa shape index (κ3) is 4.85. The molecule has 0 radical (unpaired) electrons. The average molecular weight is 411 g/mol. The van der Waals surface area contributed by atoms with Crippen LogP contribution in [0.4, 0.5) is 0 Å². The van der Waals surface area contributed by atoms with E-state index in [0.717, 1.165) is 35.0 Å². The molecule has 152 valence electrons. The monoisotopic (exact) mass is 410 g/mol. The number of morpholine rings is 1. The van der Waals surface area contributed by atoms with E-state index in [1.54, 1.807) is 12.1 Å². The normalized spacial score (nSPS) is 16.7. The molecule has 1 aliphatic heterocycles. The lowest BCUT2D eigenvalue weighted by atomic mass is 10.1. The highest BCUT2D eigenvalue weighted by Crippen LogP contribution is 2.23. The van der Waals surface area contributed by atoms with Crippen LogP contribution in [-0.2, 0) is 14.8 Å². The van der Waals surface area contributed by atoms with Crippen LogP contribution in [0.25, 0.3) is 10.8 Å². The number of sulfonamides is 1. The van der Waals surface area contributed by atoms with Crippen molar-refractivity contribution in [3.8, 4) is 0 Å². The first-order valence-electron chi connectivity index (χ1n) is 9.89. The molecule has 0 amide bonds. The standard InChI is InChI=1S/C23H26N2O3S/c1-18-6-8-20(9-7-18)23(17-25-12-14-28-15-13-25)24-29(26,27)22-11-10-19-4-2-3-5-21(19)16-22/h2-11,16,23-24H,12-15,17H2,1H3/t23-/m1/s1. The lowest BCUT2D eigenvalue weighted by Crippen LogP contribution is -2.43. The van der Waals surface area contributed by atoms with Crippen LogP contribution in [0.15, 0.2) is 71.6 Å². The van der Waals surface area contributed by atoms with Crippen LogP contribution in [-0.4, -0.2) is 46.2 Å². The summed E-state index contributed by atoms with van der Waals surface area (Å²) in [5.41, 5.74) is 2.11. The first-order chi connectivity index (χ1) is 14.0. The SMILES string of the molecule is Cc1ccc([C@@H](CN2CCOCC2)NS(=O)(=O)c2ccc3ccccc3c2)cc1. The molecule has 1 atom stereocenters. The molecule has 0 unspecified atom stereocenters. The van der Waals surface area contributed by atoms with E-state index in [-0.39, 0.29) is 10.9 Å². The van der Waals surface area contributed by atoms with Crippen molar-refractivity contribution in [1.82, 2.24) is 9.62 Å². The Bertz CT molecular complexity index is 1070. The first-order valence-corrected chi connectivity index (χ1v) is 11.4. The van der Waals surface area contributed by atoms with Crippen LogP contribution >= 0.6 is 0 Å². The first kappa shape index (κ1) is 20.0.